The number of anilines is 1. The van der Waals surface area contributed by atoms with Gasteiger partial charge in [-0.3, -0.25) is 0 Å². The predicted molar refractivity (Wildman–Crippen MR) is 88.9 cm³/mol. The molecule has 1 aromatic carbocycles. The van der Waals surface area contributed by atoms with Crippen LogP contribution in [0, 0.1) is 11.7 Å². The summed E-state index contributed by atoms with van der Waals surface area (Å²) in [6.45, 7) is 2.27. The molecule has 1 aliphatic carbocycles. The molecule has 1 fully saturated rings. The molecule has 2 N–H and O–H groups in total. The fourth-order valence-corrected chi connectivity index (χ4v) is 3.62. The van der Waals surface area contributed by atoms with Crippen LogP contribution in [-0.2, 0) is 0 Å². The van der Waals surface area contributed by atoms with Crippen LogP contribution in [-0.4, -0.2) is 0 Å². The highest BCUT2D eigenvalue weighted by molar-refractivity contribution is 5.42. The molecule has 2 heteroatoms. The Morgan fingerprint density at radius 1 is 1.05 bits per heavy atom. The van der Waals surface area contributed by atoms with Gasteiger partial charge in [-0.05, 0) is 55.2 Å². The molecule has 0 spiro atoms. The van der Waals surface area contributed by atoms with Crippen LogP contribution in [0.3, 0.4) is 0 Å². The minimum atomic E-state index is -0.259. The Bertz CT molecular complexity index is 422. The topological polar surface area (TPSA) is 26.0 Å². The van der Waals surface area contributed by atoms with E-state index in [1.165, 1.54) is 64.2 Å². The van der Waals surface area contributed by atoms with Crippen LogP contribution in [0.4, 0.5) is 10.1 Å². The van der Waals surface area contributed by atoms with E-state index in [0.29, 0.717) is 5.92 Å². The Kier molecular flexibility index (Phi) is 6.53. The van der Waals surface area contributed by atoms with Crippen molar-refractivity contribution in [1.29, 1.82) is 0 Å². The number of nitrogens with two attached hydrogens (primary N) is 1. The van der Waals surface area contributed by atoms with Crippen molar-refractivity contribution >= 4 is 5.69 Å². The summed E-state index contributed by atoms with van der Waals surface area (Å²) in [7, 11) is 0. The van der Waals surface area contributed by atoms with Crippen molar-refractivity contribution in [2.24, 2.45) is 5.92 Å². The summed E-state index contributed by atoms with van der Waals surface area (Å²) in [5.74, 6) is 1.18. The summed E-state index contributed by atoms with van der Waals surface area (Å²) < 4.78 is 13.6. The monoisotopic (exact) mass is 291 g/mol. The van der Waals surface area contributed by atoms with Crippen molar-refractivity contribution in [3.8, 4) is 0 Å². The van der Waals surface area contributed by atoms with Crippen LogP contribution in [0.25, 0.3) is 0 Å². The summed E-state index contributed by atoms with van der Waals surface area (Å²) >= 11 is 0. The molecule has 21 heavy (non-hydrogen) atoms. The van der Waals surface area contributed by atoms with E-state index in [1.807, 2.05) is 6.07 Å². The van der Waals surface area contributed by atoms with Gasteiger partial charge in [0.2, 0.25) is 0 Å². The van der Waals surface area contributed by atoms with Gasteiger partial charge in [-0.1, -0.05) is 51.5 Å². The summed E-state index contributed by atoms with van der Waals surface area (Å²) in [6.07, 6.45) is 13.3. The zero-order valence-electron chi connectivity index (χ0n) is 13.4. The molecule has 1 aromatic rings. The molecule has 0 aromatic heterocycles. The summed E-state index contributed by atoms with van der Waals surface area (Å²) in [5.41, 5.74) is 6.96. The van der Waals surface area contributed by atoms with E-state index in [1.54, 1.807) is 12.1 Å². The lowest BCUT2D eigenvalue weighted by Crippen LogP contribution is -2.13. The van der Waals surface area contributed by atoms with E-state index in [9.17, 15) is 4.39 Å². The molecule has 0 bridgehead atoms. The van der Waals surface area contributed by atoms with Gasteiger partial charge in [0, 0.05) is 0 Å². The van der Waals surface area contributed by atoms with Crippen molar-refractivity contribution in [3.05, 3.63) is 29.6 Å². The molecule has 0 atom stereocenters. The summed E-state index contributed by atoms with van der Waals surface area (Å²) in [4.78, 5) is 0. The molecule has 1 saturated carbocycles. The largest absolute Gasteiger partial charge is 0.396 e. The highest BCUT2D eigenvalue weighted by atomic mass is 19.1. The Hall–Kier alpha value is -1.05. The smallest absolute Gasteiger partial charge is 0.146 e. The zero-order chi connectivity index (χ0) is 15.1. The van der Waals surface area contributed by atoms with E-state index in [0.717, 1.165) is 11.5 Å². The number of hydrogen-bond acceptors (Lipinski definition) is 1. The van der Waals surface area contributed by atoms with Gasteiger partial charge in [-0.2, -0.15) is 0 Å². The number of benzene rings is 1. The molecular formula is C19H30FN. The van der Waals surface area contributed by atoms with Crippen molar-refractivity contribution in [2.45, 2.75) is 77.0 Å². The lowest BCUT2D eigenvalue weighted by molar-refractivity contribution is 0.301. The van der Waals surface area contributed by atoms with Gasteiger partial charge in [-0.25, -0.2) is 4.39 Å². The highest BCUT2D eigenvalue weighted by Crippen LogP contribution is 2.38. The Balaban J connectivity index is 1.71. The molecule has 2 rings (SSSR count). The number of halogens is 1. The normalized spacial score (nSPS) is 22.4. The van der Waals surface area contributed by atoms with Gasteiger partial charge in [-0.15, -0.1) is 0 Å². The second-order valence-corrected chi connectivity index (χ2v) is 6.70. The molecule has 118 valence electrons. The molecule has 1 nitrogen and oxygen atoms in total. The molecule has 0 saturated heterocycles. The molecular weight excluding hydrogens is 261 g/mol. The van der Waals surface area contributed by atoms with Gasteiger partial charge in [0.1, 0.15) is 5.82 Å². The number of nitrogen functional groups attached to an aromatic ring is 1. The van der Waals surface area contributed by atoms with Gasteiger partial charge in [0.05, 0.1) is 5.69 Å². The maximum atomic E-state index is 13.6. The standard InChI is InChI=1S/C19H30FN/c1-2-3-4-5-6-7-15-8-10-16(11-9-15)17-12-13-19(21)18(20)14-17/h12-16H,2-11,21H2,1H3. The minimum absolute atomic E-state index is 0.259. The van der Waals surface area contributed by atoms with Crippen LogP contribution < -0.4 is 5.73 Å². The fourth-order valence-electron chi connectivity index (χ4n) is 3.62. The first-order chi connectivity index (χ1) is 10.2. The first-order valence-corrected chi connectivity index (χ1v) is 8.75. The molecule has 0 unspecified atom stereocenters. The van der Waals surface area contributed by atoms with E-state index in [4.69, 9.17) is 5.73 Å². The fraction of sp³-hybridized carbons (Fsp3) is 0.684. The molecule has 1 aliphatic rings. The van der Waals surface area contributed by atoms with E-state index >= 15 is 0 Å². The van der Waals surface area contributed by atoms with Crippen LogP contribution >= 0.6 is 0 Å². The number of unbranched alkanes of at least 4 members (excludes halogenated alkanes) is 4. The minimum Gasteiger partial charge on any atom is -0.396 e. The predicted octanol–water partition coefficient (Wildman–Crippen LogP) is 6.04. The van der Waals surface area contributed by atoms with Crippen molar-refractivity contribution in [1.82, 2.24) is 0 Å². The van der Waals surface area contributed by atoms with Crippen LogP contribution in [0.15, 0.2) is 18.2 Å². The Labute approximate surface area is 129 Å². The summed E-state index contributed by atoms with van der Waals surface area (Å²) in [5, 5.41) is 0. The van der Waals surface area contributed by atoms with E-state index in [2.05, 4.69) is 6.92 Å². The average molecular weight is 291 g/mol. The Morgan fingerprint density at radius 3 is 2.43 bits per heavy atom. The van der Waals surface area contributed by atoms with E-state index in [-0.39, 0.29) is 11.5 Å². The van der Waals surface area contributed by atoms with Gasteiger partial charge < -0.3 is 5.73 Å². The van der Waals surface area contributed by atoms with E-state index < -0.39 is 0 Å². The second kappa shape index (κ2) is 8.41. The van der Waals surface area contributed by atoms with Crippen molar-refractivity contribution < 1.29 is 4.39 Å². The van der Waals surface area contributed by atoms with Gasteiger partial charge in [0.25, 0.3) is 0 Å². The van der Waals surface area contributed by atoms with Gasteiger partial charge >= 0.3 is 0 Å². The maximum absolute atomic E-state index is 13.6. The third-order valence-electron chi connectivity index (χ3n) is 5.06. The van der Waals surface area contributed by atoms with Crippen LogP contribution in [0.5, 0.6) is 0 Å². The first kappa shape index (κ1) is 16.3. The molecule has 0 heterocycles. The third-order valence-corrected chi connectivity index (χ3v) is 5.06. The number of rotatable bonds is 7. The Morgan fingerprint density at radius 2 is 1.76 bits per heavy atom. The molecule has 0 radical (unpaired) electrons. The van der Waals surface area contributed by atoms with Crippen molar-refractivity contribution in [2.75, 3.05) is 5.73 Å². The first-order valence-electron chi connectivity index (χ1n) is 8.75. The SMILES string of the molecule is CCCCCCCC1CCC(c2ccc(N)c(F)c2)CC1. The van der Waals surface area contributed by atoms with Crippen LogP contribution in [0.1, 0.15) is 82.6 Å². The quantitative estimate of drug-likeness (QED) is 0.481. The lowest BCUT2D eigenvalue weighted by Gasteiger charge is -2.29. The average Bonchev–Trinajstić information content (AvgIpc) is 2.50. The lowest BCUT2D eigenvalue weighted by atomic mass is 9.77. The summed E-state index contributed by atoms with van der Waals surface area (Å²) in [6, 6.07) is 5.36. The number of hydrogen-bond donors (Lipinski definition) is 1. The van der Waals surface area contributed by atoms with Crippen molar-refractivity contribution in [3.63, 3.8) is 0 Å². The van der Waals surface area contributed by atoms with Gasteiger partial charge in [0.15, 0.2) is 0 Å². The molecule has 0 amide bonds. The van der Waals surface area contributed by atoms with Crippen LogP contribution in [0.2, 0.25) is 0 Å². The molecule has 0 aliphatic heterocycles. The second-order valence-electron chi connectivity index (χ2n) is 6.70. The maximum Gasteiger partial charge on any atom is 0.146 e. The zero-order valence-corrected chi connectivity index (χ0v) is 13.4. The third kappa shape index (κ3) is 5.01. The highest BCUT2D eigenvalue weighted by Gasteiger charge is 2.22.